The number of piperidine rings is 1. The molecule has 1 aliphatic rings. The van der Waals surface area contributed by atoms with E-state index in [2.05, 4.69) is 9.97 Å². The van der Waals surface area contributed by atoms with Crippen LogP contribution in [-0.4, -0.2) is 27.3 Å². The Bertz CT molecular complexity index is 770. The number of halogens is 1. The predicted octanol–water partition coefficient (Wildman–Crippen LogP) is 3.11. The summed E-state index contributed by atoms with van der Waals surface area (Å²) in [4.78, 5) is 23.2. The summed E-state index contributed by atoms with van der Waals surface area (Å²) < 4.78 is 13.6. The number of aryl methyl sites for hydroxylation is 2. The first-order valence-corrected chi connectivity index (χ1v) is 8.60. The van der Waals surface area contributed by atoms with Crippen molar-refractivity contribution in [3.05, 3.63) is 52.6 Å². The second-order valence-corrected chi connectivity index (χ2v) is 6.56. The Labute approximate surface area is 147 Å². The maximum atomic E-state index is 13.6. The van der Waals surface area contributed by atoms with Gasteiger partial charge in [0.2, 0.25) is 11.9 Å². The Morgan fingerprint density at radius 2 is 2.00 bits per heavy atom. The highest BCUT2D eigenvalue weighted by Crippen LogP contribution is 2.32. The maximum Gasteiger partial charge on any atom is 0.227 e. The second-order valence-electron chi connectivity index (χ2n) is 6.56. The highest BCUT2D eigenvalue weighted by molar-refractivity contribution is 5.80. The van der Waals surface area contributed by atoms with E-state index in [0.717, 1.165) is 41.8 Å². The molecule has 1 fully saturated rings. The number of nitrogens with zero attached hydrogens (tertiary/aromatic N) is 3. The van der Waals surface area contributed by atoms with Gasteiger partial charge >= 0.3 is 0 Å². The van der Waals surface area contributed by atoms with Gasteiger partial charge in [-0.1, -0.05) is 12.1 Å². The molecular weight excluding hydrogens is 319 g/mol. The van der Waals surface area contributed by atoms with E-state index in [1.807, 2.05) is 24.8 Å². The van der Waals surface area contributed by atoms with Crippen LogP contribution in [0.2, 0.25) is 0 Å². The van der Waals surface area contributed by atoms with Gasteiger partial charge in [-0.2, -0.15) is 0 Å². The summed E-state index contributed by atoms with van der Waals surface area (Å²) in [5.74, 6) is -0.0237. The van der Waals surface area contributed by atoms with Gasteiger partial charge in [0, 0.05) is 23.5 Å². The zero-order valence-electron chi connectivity index (χ0n) is 14.6. The molecular formula is C19H23FN4O. The van der Waals surface area contributed by atoms with Gasteiger partial charge in [0.15, 0.2) is 0 Å². The van der Waals surface area contributed by atoms with Crippen molar-refractivity contribution in [2.45, 2.75) is 45.6 Å². The quantitative estimate of drug-likeness (QED) is 0.930. The Morgan fingerprint density at radius 1 is 1.28 bits per heavy atom. The normalized spacial score (nSPS) is 17.6. The van der Waals surface area contributed by atoms with Gasteiger partial charge in [0.05, 0.1) is 12.5 Å². The lowest BCUT2D eigenvalue weighted by Crippen LogP contribution is -2.39. The van der Waals surface area contributed by atoms with Crippen LogP contribution in [-0.2, 0) is 11.2 Å². The van der Waals surface area contributed by atoms with Crippen molar-refractivity contribution in [1.82, 2.24) is 14.9 Å². The first-order chi connectivity index (χ1) is 12.0. The smallest absolute Gasteiger partial charge is 0.227 e. The van der Waals surface area contributed by atoms with Crippen molar-refractivity contribution in [1.29, 1.82) is 0 Å². The highest BCUT2D eigenvalue weighted by Gasteiger charge is 2.29. The van der Waals surface area contributed by atoms with E-state index in [0.29, 0.717) is 6.54 Å². The third-order valence-electron chi connectivity index (χ3n) is 4.82. The van der Waals surface area contributed by atoms with Gasteiger partial charge < -0.3 is 10.6 Å². The molecule has 1 aromatic heterocycles. The zero-order chi connectivity index (χ0) is 18.0. The molecule has 3 rings (SSSR count). The molecule has 132 valence electrons. The first kappa shape index (κ1) is 17.3. The minimum absolute atomic E-state index is 0.0218. The summed E-state index contributed by atoms with van der Waals surface area (Å²) in [6.45, 7) is 4.37. The molecule has 1 amide bonds. The number of nitrogen functional groups attached to an aromatic ring is 1. The van der Waals surface area contributed by atoms with Crippen LogP contribution in [0.25, 0.3) is 0 Å². The first-order valence-electron chi connectivity index (χ1n) is 8.60. The van der Waals surface area contributed by atoms with Crippen LogP contribution >= 0.6 is 0 Å². The van der Waals surface area contributed by atoms with Crippen molar-refractivity contribution in [2.75, 3.05) is 12.3 Å². The summed E-state index contributed by atoms with van der Waals surface area (Å²) in [6, 6.07) is 6.47. The van der Waals surface area contributed by atoms with Gasteiger partial charge in [-0.05, 0) is 50.8 Å². The topological polar surface area (TPSA) is 72.1 Å². The predicted molar refractivity (Wildman–Crippen MR) is 94.3 cm³/mol. The van der Waals surface area contributed by atoms with Crippen LogP contribution in [0.1, 0.15) is 47.8 Å². The molecule has 1 saturated heterocycles. The molecule has 0 spiro atoms. The highest BCUT2D eigenvalue weighted by atomic mass is 19.1. The van der Waals surface area contributed by atoms with Crippen LogP contribution in [0.5, 0.6) is 0 Å². The maximum absolute atomic E-state index is 13.6. The monoisotopic (exact) mass is 342 g/mol. The number of benzene rings is 1. The molecule has 1 aliphatic heterocycles. The lowest BCUT2D eigenvalue weighted by molar-refractivity contribution is -0.134. The van der Waals surface area contributed by atoms with E-state index in [-0.39, 0.29) is 30.1 Å². The van der Waals surface area contributed by atoms with Crippen molar-refractivity contribution < 1.29 is 9.18 Å². The minimum Gasteiger partial charge on any atom is -0.368 e. The van der Waals surface area contributed by atoms with Crippen molar-refractivity contribution in [3.63, 3.8) is 0 Å². The molecule has 25 heavy (non-hydrogen) atoms. The number of rotatable bonds is 3. The standard InChI is InChI=1S/C19H23FN4O/c1-12-16(13(2)23-19(21)22-12)11-18(25)24-9-4-3-8-17(24)14-6-5-7-15(20)10-14/h5-7,10,17H,3-4,8-9,11H2,1-2H3,(H2,21,22,23). The number of amides is 1. The second kappa shape index (κ2) is 7.17. The van der Waals surface area contributed by atoms with Gasteiger partial charge in [-0.15, -0.1) is 0 Å². The zero-order valence-corrected chi connectivity index (χ0v) is 14.6. The summed E-state index contributed by atoms with van der Waals surface area (Å²) in [5.41, 5.74) is 8.81. The summed E-state index contributed by atoms with van der Waals surface area (Å²) in [7, 11) is 0. The van der Waals surface area contributed by atoms with E-state index in [1.54, 1.807) is 6.07 Å². The average molecular weight is 342 g/mol. The van der Waals surface area contributed by atoms with Crippen LogP contribution < -0.4 is 5.73 Å². The molecule has 2 heterocycles. The number of carbonyl (C=O) groups excluding carboxylic acids is 1. The lowest BCUT2D eigenvalue weighted by Gasteiger charge is -2.36. The number of nitrogens with two attached hydrogens (primary N) is 1. The average Bonchev–Trinajstić information content (AvgIpc) is 2.58. The number of likely N-dealkylation sites (tertiary alicyclic amines) is 1. The Morgan fingerprint density at radius 3 is 2.68 bits per heavy atom. The van der Waals surface area contributed by atoms with E-state index >= 15 is 0 Å². The summed E-state index contributed by atoms with van der Waals surface area (Å²) >= 11 is 0. The van der Waals surface area contributed by atoms with Crippen molar-refractivity contribution >= 4 is 11.9 Å². The van der Waals surface area contributed by atoms with Crippen molar-refractivity contribution in [3.8, 4) is 0 Å². The molecule has 1 unspecified atom stereocenters. The van der Waals surface area contributed by atoms with Gasteiger partial charge in [0.25, 0.3) is 0 Å². The van der Waals surface area contributed by atoms with E-state index in [1.165, 1.54) is 12.1 Å². The van der Waals surface area contributed by atoms with E-state index < -0.39 is 0 Å². The van der Waals surface area contributed by atoms with E-state index in [9.17, 15) is 9.18 Å². The third kappa shape index (κ3) is 3.78. The molecule has 1 atom stereocenters. The number of anilines is 1. The fourth-order valence-electron chi connectivity index (χ4n) is 3.56. The molecule has 0 saturated carbocycles. The SMILES string of the molecule is Cc1nc(N)nc(C)c1CC(=O)N1CCCCC1c1cccc(F)c1. The fraction of sp³-hybridized carbons (Fsp3) is 0.421. The summed E-state index contributed by atoms with van der Waals surface area (Å²) in [6.07, 6.45) is 3.09. The molecule has 0 aliphatic carbocycles. The van der Waals surface area contributed by atoms with E-state index in [4.69, 9.17) is 5.73 Å². The third-order valence-corrected chi connectivity index (χ3v) is 4.82. The number of hydrogen-bond donors (Lipinski definition) is 1. The number of hydrogen-bond acceptors (Lipinski definition) is 4. The Balaban J connectivity index is 1.84. The minimum atomic E-state index is -0.269. The van der Waals surface area contributed by atoms with Crippen LogP contribution in [0, 0.1) is 19.7 Å². The van der Waals surface area contributed by atoms with Crippen molar-refractivity contribution in [2.24, 2.45) is 0 Å². The number of carbonyl (C=O) groups is 1. The molecule has 5 nitrogen and oxygen atoms in total. The van der Waals surface area contributed by atoms with Gasteiger partial charge in [-0.25, -0.2) is 14.4 Å². The van der Waals surface area contributed by atoms with Gasteiger partial charge in [0.1, 0.15) is 5.82 Å². The largest absolute Gasteiger partial charge is 0.368 e. The van der Waals surface area contributed by atoms with Crippen LogP contribution in [0.3, 0.4) is 0 Å². The van der Waals surface area contributed by atoms with Crippen LogP contribution in [0.4, 0.5) is 10.3 Å². The Hall–Kier alpha value is -2.50. The lowest BCUT2D eigenvalue weighted by atomic mass is 9.94. The fourth-order valence-corrected chi connectivity index (χ4v) is 3.56. The number of aromatic nitrogens is 2. The Kier molecular flexibility index (Phi) is 4.97. The molecule has 2 N–H and O–H groups in total. The molecule has 0 radical (unpaired) electrons. The molecule has 1 aromatic carbocycles. The molecule has 0 bridgehead atoms. The van der Waals surface area contributed by atoms with Gasteiger partial charge in [-0.3, -0.25) is 4.79 Å². The summed E-state index contributed by atoms with van der Waals surface area (Å²) in [5, 5.41) is 0. The van der Waals surface area contributed by atoms with Crippen LogP contribution in [0.15, 0.2) is 24.3 Å². The molecule has 6 heteroatoms. The molecule has 2 aromatic rings.